The topological polar surface area (TPSA) is 79.7 Å². The van der Waals surface area contributed by atoms with Gasteiger partial charge in [0.25, 0.3) is 11.8 Å². The number of fused-ring (bicyclic) bond motifs is 1. The zero-order chi connectivity index (χ0) is 26.5. The van der Waals surface area contributed by atoms with E-state index < -0.39 is 0 Å². The third kappa shape index (κ3) is 6.03. The highest BCUT2D eigenvalue weighted by Crippen LogP contribution is 2.21. The minimum absolute atomic E-state index is 0.0568. The van der Waals surface area contributed by atoms with Crippen LogP contribution in [0.1, 0.15) is 21.7 Å². The molecule has 3 aromatic carbocycles. The minimum Gasteiger partial charge on any atom is -0.484 e. The van der Waals surface area contributed by atoms with Crippen LogP contribution in [0, 0.1) is 6.92 Å². The van der Waals surface area contributed by atoms with E-state index in [1.165, 1.54) is 0 Å². The Kier molecular flexibility index (Phi) is 7.70. The molecule has 1 aromatic heterocycles. The van der Waals surface area contributed by atoms with Crippen LogP contribution in [0.4, 0.5) is 5.69 Å². The van der Waals surface area contributed by atoms with Crippen LogP contribution < -0.4 is 10.1 Å². The molecule has 1 fully saturated rings. The lowest BCUT2D eigenvalue weighted by molar-refractivity contribution is -0.118. The second-order valence-corrected chi connectivity index (χ2v) is 9.69. The molecule has 1 N–H and O–H groups in total. The number of hydrogen-bond acceptors (Lipinski definition) is 5. The number of aromatic nitrogens is 2. The van der Waals surface area contributed by atoms with Gasteiger partial charge in [0, 0.05) is 57.4 Å². The largest absolute Gasteiger partial charge is 0.484 e. The molecular weight excluding hydrogens is 478 g/mol. The van der Waals surface area contributed by atoms with Crippen molar-refractivity contribution in [2.75, 3.05) is 44.6 Å². The van der Waals surface area contributed by atoms with Gasteiger partial charge in [-0.25, -0.2) is 4.98 Å². The molecule has 1 aliphatic heterocycles. The average molecular weight is 512 g/mol. The first-order chi connectivity index (χ1) is 18.5. The molecule has 4 aromatic rings. The molecule has 0 radical (unpaired) electrons. The van der Waals surface area contributed by atoms with Gasteiger partial charge in [-0.05, 0) is 49.4 Å². The summed E-state index contributed by atoms with van der Waals surface area (Å²) in [6, 6.07) is 22.9. The van der Waals surface area contributed by atoms with Gasteiger partial charge in [-0.15, -0.1) is 0 Å². The van der Waals surface area contributed by atoms with Gasteiger partial charge < -0.3 is 19.5 Å². The smallest absolute Gasteiger partial charge is 0.262 e. The maximum atomic E-state index is 12.7. The molecule has 0 bridgehead atoms. The van der Waals surface area contributed by atoms with Crippen LogP contribution in [0.5, 0.6) is 5.75 Å². The van der Waals surface area contributed by atoms with Crippen molar-refractivity contribution < 1.29 is 14.3 Å². The summed E-state index contributed by atoms with van der Waals surface area (Å²) in [7, 11) is 2.02. The maximum Gasteiger partial charge on any atom is 0.262 e. The van der Waals surface area contributed by atoms with Crippen LogP contribution in [0.25, 0.3) is 11.0 Å². The number of benzene rings is 3. The minimum atomic E-state index is -0.217. The monoisotopic (exact) mass is 511 g/mol. The summed E-state index contributed by atoms with van der Waals surface area (Å²) in [6.07, 6.45) is 0.809. The number of carbonyl (C=O) groups is 2. The van der Waals surface area contributed by atoms with Crippen molar-refractivity contribution in [3.05, 3.63) is 89.7 Å². The molecule has 0 spiro atoms. The van der Waals surface area contributed by atoms with Gasteiger partial charge in [0.05, 0.1) is 11.0 Å². The van der Waals surface area contributed by atoms with Crippen molar-refractivity contribution in [2.24, 2.45) is 7.05 Å². The first-order valence-electron chi connectivity index (χ1n) is 13.0. The van der Waals surface area contributed by atoms with Crippen LogP contribution in [0.15, 0.2) is 72.8 Å². The van der Waals surface area contributed by atoms with Crippen LogP contribution in [-0.2, 0) is 18.3 Å². The fourth-order valence-corrected chi connectivity index (χ4v) is 4.73. The zero-order valence-corrected chi connectivity index (χ0v) is 21.9. The van der Waals surface area contributed by atoms with E-state index >= 15 is 0 Å². The van der Waals surface area contributed by atoms with E-state index in [1.54, 1.807) is 0 Å². The third-order valence-corrected chi connectivity index (χ3v) is 6.98. The van der Waals surface area contributed by atoms with Crippen LogP contribution >= 0.6 is 0 Å². The van der Waals surface area contributed by atoms with E-state index in [2.05, 4.69) is 14.8 Å². The summed E-state index contributed by atoms with van der Waals surface area (Å²) in [5, 5.41) is 2.90. The lowest BCUT2D eigenvalue weighted by Crippen LogP contribution is -2.49. The molecule has 0 unspecified atom stereocenters. The second-order valence-electron chi connectivity index (χ2n) is 9.69. The molecule has 2 heterocycles. The standard InChI is InChI=1S/C30H33N5O3/c1-22-8-11-25(12-9-22)38-21-29(36)31-24-10-13-27-26(20-24)32-28(33(27)2)14-15-34-16-18-35(19-17-34)30(37)23-6-4-3-5-7-23/h3-13,20H,14-19,21H2,1-2H3,(H,31,36). The SMILES string of the molecule is Cc1ccc(OCC(=O)Nc2ccc3c(c2)nc(CCN2CCN(C(=O)c4ccccc4)CC2)n3C)cc1. The van der Waals surface area contributed by atoms with Crippen molar-refractivity contribution in [1.82, 2.24) is 19.4 Å². The molecule has 5 rings (SSSR count). The summed E-state index contributed by atoms with van der Waals surface area (Å²) in [5.74, 6) is 1.55. The lowest BCUT2D eigenvalue weighted by Gasteiger charge is -2.34. The molecule has 196 valence electrons. The summed E-state index contributed by atoms with van der Waals surface area (Å²) in [4.78, 5) is 34.2. The lowest BCUT2D eigenvalue weighted by atomic mass is 10.2. The molecule has 38 heavy (non-hydrogen) atoms. The quantitative estimate of drug-likeness (QED) is 0.388. The van der Waals surface area contributed by atoms with Gasteiger partial charge >= 0.3 is 0 Å². The number of ether oxygens (including phenoxy) is 1. The Morgan fingerprint density at radius 3 is 2.42 bits per heavy atom. The highest BCUT2D eigenvalue weighted by Gasteiger charge is 2.22. The van der Waals surface area contributed by atoms with Crippen LogP contribution in [0.3, 0.4) is 0 Å². The van der Waals surface area contributed by atoms with Crippen molar-refractivity contribution in [2.45, 2.75) is 13.3 Å². The van der Waals surface area contributed by atoms with Crippen molar-refractivity contribution in [3.63, 3.8) is 0 Å². The van der Waals surface area contributed by atoms with Gasteiger partial charge in [-0.2, -0.15) is 0 Å². The van der Waals surface area contributed by atoms with Gasteiger partial charge in [0.1, 0.15) is 11.6 Å². The Morgan fingerprint density at radius 2 is 1.68 bits per heavy atom. The predicted octanol–water partition coefficient (Wildman–Crippen LogP) is 3.90. The summed E-state index contributed by atoms with van der Waals surface area (Å²) in [5.41, 5.74) is 4.45. The van der Waals surface area contributed by atoms with Crippen molar-refractivity contribution in [1.29, 1.82) is 0 Å². The third-order valence-electron chi connectivity index (χ3n) is 6.98. The Balaban J connectivity index is 1.13. The van der Waals surface area contributed by atoms with Gasteiger partial charge in [0.2, 0.25) is 0 Å². The molecule has 8 nitrogen and oxygen atoms in total. The number of amides is 2. The summed E-state index contributed by atoms with van der Waals surface area (Å²) >= 11 is 0. The number of nitrogens with zero attached hydrogens (tertiary/aromatic N) is 4. The molecule has 0 atom stereocenters. The van der Waals surface area contributed by atoms with Gasteiger partial charge in [-0.1, -0.05) is 35.9 Å². The highest BCUT2D eigenvalue weighted by atomic mass is 16.5. The average Bonchev–Trinajstić information content (AvgIpc) is 3.26. The molecular formula is C30H33N5O3. The number of rotatable bonds is 8. The number of carbonyl (C=O) groups excluding carboxylic acids is 2. The van der Waals surface area contributed by atoms with Gasteiger partial charge in [-0.3, -0.25) is 14.5 Å². The first-order valence-corrected chi connectivity index (χ1v) is 13.0. The molecule has 2 amide bonds. The number of aryl methyl sites for hydroxylation is 2. The van der Waals surface area contributed by atoms with E-state index in [9.17, 15) is 9.59 Å². The molecule has 1 aliphatic rings. The van der Waals surface area contributed by atoms with E-state index in [1.807, 2.05) is 91.7 Å². The molecule has 8 heteroatoms. The van der Waals surface area contributed by atoms with Crippen molar-refractivity contribution >= 4 is 28.5 Å². The van der Waals surface area contributed by atoms with E-state index in [0.717, 1.165) is 67.1 Å². The van der Waals surface area contributed by atoms with Crippen LogP contribution in [-0.4, -0.2) is 70.5 Å². The number of hydrogen-bond donors (Lipinski definition) is 1. The van der Waals surface area contributed by atoms with Crippen LogP contribution in [0.2, 0.25) is 0 Å². The van der Waals surface area contributed by atoms with E-state index in [4.69, 9.17) is 9.72 Å². The number of anilines is 1. The fraction of sp³-hybridized carbons (Fsp3) is 0.300. The summed E-state index contributed by atoms with van der Waals surface area (Å²) < 4.78 is 7.69. The molecule has 0 aliphatic carbocycles. The van der Waals surface area contributed by atoms with E-state index in [-0.39, 0.29) is 18.4 Å². The Morgan fingerprint density at radius 1 is 0.947 bits per heavy atom. The number of nitrogens with one attached hydrogen (secondary N) is 1. The number of imidazole rings is 1. The Bertz CT molecular complexity index is 1410. The first kappa shape index (κ1) is 25.5. The fourth-order valence-electron chi connectivity index (χ4n) is 4.73. The Hall–Kier alpha value is -4.17. The summed E-state index contributed by atoms with van der Waals surface area (Å²) in [6.45, 7) is 5.99. The predicted molar refractivity (Wildman–Crippen MR) is 149 cm³/mol. The number of piperazine rings is 1. The molecule has 0 saturated carbocycles. The highest BCUT2D eigenvalue weighted by molar-refractivity contribution is 5.94. The Labute approximate surface area is 222 Å². The van der Waals surface area contributed by atoms with E-state index in [0.29, 0.717) is 11.4 Å². The zero-order valence-electron chi connectivity index (χ0n) is 21.9. The second kappa shape index (κ2) is 11.5. The molecule has 1 saturated heterocycles. The normalized spacial score (nSPS) is 14.0. The van der Waals surface area contributed by atoms with Crippen molar-refractivity contribution in [3.8, 4) is 5.75 Å². The van der Waals surface area contributed by atoms with Gasteiger partial charge in [0.15, 0.2) is 6.61 Å². The maximum absolute atomic E-state index is 12.7.